The van der Waals surface area contributed by atoms with Gasteiger partial charge in [-0.2, -0.15) is 0 Å². The number of aliphatic hydroxyl groups is 1. The fourth-order valence-electron chi connectivity index (χ4n) is 3.86. The molecule has 1 N–H and O–H groups in total. The lowest BCUT2D eigenvalue weighted by Crippen LogP contribution is -2.25. The maximum Gasteiger partial charge on any atom is 0.136 e. The first kappa shape index (κ1) is 24.7. The molecule has 0 aromatic heterocycles. The summed E-state index contributed by atoms with van der Waals surface area (Å²) in [7, 11) is 1.78. The molecule has 0 fully saturated rings. The summed E-state index contributed by atoms with van der Waals surface area (Å²) in [6.45, 7) is 15.2. The Morgan fingerprint density at radius 2 is 2.00 bits per heavy atom. The molecule has 0 saturated heterocycles. The first-order valence-corrected chi connectivity index (χ1v) is 10.8. The lowest BCUT2D eigenvalue weighted by atomic mass is 9.71. The molecule has 1 aliphatic rings. The standard InChI is InChI=1S/C26H42O2/c1-9-26(7,28-8)19-10-12-20(2)14-17-24(27)22(4)15-16-23-21(3)13-11-18-25(23,5)6/h12,15,24,27H,9-11,13,16,18-19H2,1-8H3/b20-12+,22-15+. The van der Waals surface area contributed by atoms with Crippen LogP contribution in [0, 0.1) is 17.3 Å². The summed E-state index contributed by atoms with van der Waals surface area (Å²) >= 11 is 0. The number of hydrogen-bond acceptors (Lipinski definition) is 2. The van der Waals surface area contributed by atoms with Crippen LogP contribution in [0.1, 0.15) is 93.4 Å². The van der Waals surface area contributed by atoms with E-state index in [1.165, 1.54) is 30.4 Å². The van der Waals surface area contributed by atoms with Crippen LogP contribution in [0.15, 0.2) is 34.4 Å². The lowest BCUT2D eigenvalue weighted by Gasteiger charge is -2.34. The van der Waals surface area contributed by atoms with Crippen molar-refractivity contribution in [1.29, 1.82) is 0 Å². The first-order chi connectivity index (χ1) is 13.0. The molecule has 0 radical (unpaired) electrons. The van der Waals surface area contributed by atoms with Gasteiger partial charge >= 0.3 is 0 Å². The highest BCUT2D eigenvalue weighted by molar-refractivity contribution is 5.32. The Kier molecular flexibility index (Phi) is 9.75. The van der Waals surface area contributed by atoms with Crippen LogP contribution in [0.5, 0.6) is 0 Å². The van der Waals surface area contributed by atoms with Crippen LogP contribution >= 0.6 is 0 Å². The Bertz CT molecular complexity index is 660. The molecule has 2 heteroatoms. The zero-order valence-corrected chi connectivity index (χ0v) is 19.5. The molecule has 1 aliphatic carbocycles. The van der Waals surface area contributed by atoms with Crippen molar-refractivity contribution < 1.29 is 9.84 Å². The van der Waals surface area contributed by atoms with Gasteiger partial charge in [-0.15, -0.1) is 0 Å². The van der Waals surface area contributed by atoms with Gasteiger partial charge in [0.2, 0.25) is 0 Å². The normalized spacial score (nSPS) is 21.0. The topological polar surface area (TPSA) is 29.5 Å². The van der Waals surface area contributed by atoms with Crippen molar-refractivity contribution in [3.8, 4) is 11.8 Å². The maximum atomic E-state index is 10.4. The van der Waals surface area contributed by atoms with E-state index in [9.17, 15) is 5.11 Å². The monoisotopic (exact) mass is 386 g/mol. The zero-order valence-electron chi connectivity index (χ0n) is 19.5. The second-order valence-corrected chi connectivity index (χ2v) is 9.25. The van der Waals surface area contributed by atoms with Crippen molar-refractivity contribution in [1.82, 2.24) is 0 Å². The van der Waals surface area contributed by atoms with Gasteiger partial charge in [0.1, 0.15) is 6.10 Å². The molecule has 0 aromatic rings. The summed E-state index contributed by atoms with van der Waals surface area (Å²) in [5, 5.41) is 10.4. The lowest BCUT2D eigenvalue weighted by molar-refractivity contribution is -0.00342. The summed E-state index contributed by atoms with van der Waals surface area (Å²) in [5.74, 6) is 6.12. The van der Waals surface area contributed by atoms with Crippen LogP contribution in [0.2, 0.25) is 0 Å². The van der Waals surface area contributed by atoms with E-state index < -0.39 is 6.10 Å². The third-order valence-electron chi connectivity index (χ3n) is 6.52. The molecule has 0 aliphatic heterocycles. The quantitative estimate of drug-likeness (QED) is 0.369. The SMILES string of the molecule is CCC(C)(CC/C=C(\C)C#CC(O)/C(C)=C/CC1=C(C)CCCC1(C)C)OC. The van der Waals surface area contributed by atoms with Gasteiger partial charge in [-0.3, -0.25) is 0 Å². The van der Waals surface area contributed by atoms with E-state index in [1.807, 2.05) is 13.8 Å². The highest BCUT2D eigenvalue weighted by Crippen LogP contribution is 2.42. The minimum atomic E-state index is -0.698. The van der Waals surface area contributed by atoms with Crippen LogP contribution in [0.3, 0.4) is 0 Å². The number of methoxy groups -OCH3 is 1. The Hall–Kier alpha value is -1.30. The van der Waals surface area contributed by atoms with Gasteiger partial charge < -0.3 is 9.84 Å². The maximum absolute atomic E-state index is 10.4. The van der Waals surface area contributed by atoms with Crippen LogP contribution in [-0.4, -0.2) is 23.9 Å². The molecular formula is C26H42O2. The Labute approximate surface area is 174 Å². The summed E-state index contributed by atoms with van der Waals surface area (Å²) < 4.78 is 5.58. The van der Waals surface area contributed by atoms with E-state index in [1.54, 1.807) is 7.11 Å². The van der Waals surface area contributed by atoms with Crippen LogP contribution < -0.4 is 0 Å². The second-order valence-electron chi connectivity index (χ2n) is 9.25. The highest BCUT2D eigenvalue weighted by Gasteiger charge is 2.27. The average molecular weight is 387 g/mol. The summed E-state index contributed by atoms with van der Waals surface area (Å²) in [4.78, 5) is 0. The molecule has 2 nitrogen and oxygen atoms in total. The van der Waals surface area contributed by atoms with E-state index in [4.69, 9.17) is 4.74 Å². The Morgan fingerprint density at radius 1 is 1.32 bits per heavy atom. The third-order valence-corrected chi connectivity index (χ3v) is 6.52. The van der Waals surface area contributed by atoms with E-state index in [-0.39, 0.29) is 11.0 Å². The zero-order chi connectivity index (χ0) is 21.4. The van der Waals surface area contributed by atoms with E-state index in [2.05, 4.69) is 58.6 Å². The number of aliphatic hydroxyl groups excluding tert-OH is 1. The summed E-state index contributed by atoms with van der Waals surface area (Å²) in [6.07, 6.45) is 11.2. The largest absolute Gasteiger partial charge is 0.379 e. The predicted octanol–water partition coefficient (Wildman–Crippen LogP) is 6.76. The van der Waals surface area contributed by atoms with E-state index >= 15 is 0 Å². The van der Waals surface area contributed by atoms with Crippen molar-refractivity contribution in [2.45, 2.75) is 105 Å². The molecular weight excluding hydrogens is 344 g/mol. The predicted molar refractivity (Wildman–Crippen MR) is 121 cm³/mol. The Morgan fingerprint density at radius 3 is 2.57 bits per heavy atom. The number of allylic oxidation sites excluding steroid dienone is 5. The van der Waals surface area contributed by atoms with Crippen molar-refractivity contribution in [3.63, 3.8) is 0 Å². The van der Waals surface area contributed by atoms with Crippen LogP contribution in [0.25, 0.3) is 0 Å². The van der Waals surface area contributed by atoms with Crippen molar-refractivity contribution in [2.24, 2.45) is 5.41 Å². The van der Waals surface area contributed by atoms with Gasteiger partial charge in [0.25, 0.3) is 0 Å². The molecule has 2 unspecified atom stereocenters. The molecule has 1 rings (SSSR count). The number of ether oxygens (including phenoxy) is 1. The van der Waals surface area contributed by atoms with Gasteiger partial charge in [0.05, 0.1) is 5.60 Å². The Balaban J connectivity index is 2.68. The molecule has 28 heavy (non-hydrogen) atoms. The minimum absolute atomic E-state index is 0.0667. The van der Waals surface area contributed by atoms with Crippen LogP contribution in [0.4, 0.5) is 0 Å². The third kappa shape index (κ3) is 7.61. The van der Waals surface area contributed by atoms with Crippen molar-refractivity contribution in [2.75, 3.05) is 7.11 Å². The van der Waals surface area contributed by atoms with Gasteiger partial charge in [-0.25, -0.2) is 0 Å². The van der Waals surface area contributed by atoms with Crippen molar-refractivity contribution in [3.05, 3.63) is 34.4 Å². The molecule has 0 amide bonds. The van der Waals surface area contributed by atoms with Crippen LogP contribution in [-0.2, 0) is 4.74 Å². The first-order valence-electron chi connectivity index (χ1n) is 10.8. The van der Waals surface area contributed by atoms with Gasteiger partial charge in [-0.05, 0) is 89.2 Å². The van der Waals surface area contributed by atoms with Gasteiger partial charge in [-0.1, -0.05) is 55.9 Å². The van der Waals surface area contributed by atoms with Gasteiger partial charge in [0.15, 0.2) is 0 Å². The molecule has 2 atom stereocenters. The summed E-state index contributed by atoms with van der Waals surface area (Å²) in [5.41, 5.74) is 5.21. The fourth-order valence-corrected chi connectivity index (χ4v) is 3.86. The average Bonchev–Trinajstić information content (AvgIpc) is 2.64. The van der Waals surface area contributed by atoms with E-state index in [0.717, 1.165) is 36.8 Å². The molecule has 0 heterocycles. The smallest absolute Gasteiger partial charge is 0.136 e. The molecule has 0 saturated carbocycles. The van der Waals surface area contributed by atoms with E-state index in [0.29, 0.717) is 0 Å². The van der Waals surface area contributed by atoms with Crippen molar-refractivity contribution >= 4 is 0 Å². The molecule has 0 aromatic carbocycles. The highest BCUT2D eigenvalue weighted by atomic mass is 16.5. The number of rotatable bonds is 8. The minimum Gasteiger partial charge on any atom is -0.379 e. The number of hydrogen-bond donors (Lipinski definition) is 1. The summed E-state index contributed by atoms with van der Waals surface area (Å²) in [6, 6.07) is 0. The fraction of sp³-hybridized carbons (Fsp3) is 0.692. The molecule has 0 bridgehead atoms. The molecule has 0 spiro atoms. The molecule has 158 valence electrons. The van der Waals surface area contributed by atoms with Gasteiger partial charge in [0, 0.05) is 7.11 Å². The second kappa shape index (κ2) is 11.0.